The van der Waals surface area contributed by atoms with E-state index in [4.69, 9.17) is 39.2 Å². The summed E-state index contributed by atoms with van der Waals surface area (Å²) in [4.78, 5) is 20.0. The molecular formula is C24H13Cl3N4O3. The van der Waals surface area contributed by atoms with Gasteiger partial charge >= 0.3 is 0 Å². The van der Waals surface area contributed by atoms with Crippen molar-refractivity contribution in [2.75, 3.05) is 0 Å². The predicted molar refractivity (Wildman–Crippen MR) is 134 cm³/mol. The van der Waals surface area contributed by atoms with Gasteiger partial charge in [0.15, 0.2) is 5.82 Å². The summed E-state index contributed by atoms with van der Waals surface area (Å²) in [7, 11) is 0. The van der Waals surface area contributed by atoms with Crippen LogP contribution in [0.2, 0.25) is 15.1 Å². The molecule has 0 bridgehead atoms. The second kappa shape index (κ2) is 8.95. The molecule has 0 amide bonds. The molecule has 0 radical (unpaired) electrons. The molecule has 0 atom stereocenters. The summed E-state index contributed by atoms with van der Waals surface area (Å²) < 4.78 is 7.69. The quantitative estimate of drug-likeness (QED) is 0.136. The van der Waals surface area contributed by atoms with Gasteiger partial charge in [-0.1, -0.05) is 40.9 Å². The van der Waals surface area contributed by atoms with E-state index in [1.807, 2.05) is 28.8 Å². The molecule has 0 aliphatic rings. The summed E-state index contributed by atoms with van der Waals surface area (Å²) >= 11 is 18.4. The maximum absolute atomic E-state index is 11.2. The van der Waals surface area contributed by atoms with Gasteiger partial charge in [0, 0.05) is 28.4 Å². The van der Waals surface area contributed by atoms with E-state index in [-0.39, 0.29) is 10.7 Å². The molecule has 0 spiro atoms. The Morgan fingerprint density at radius 2 is 1.85 bits per heavy atom. The van der Waals surface area contributed by atoms with Crippen LogP contribution in [0.5, 0.6) is 0 Å². The highest BCUT2D eigenvalue weighted by Gasteiger charge is 2.17. The van der Waals surface area contributed by atoms with Crippen LogP contribution < -0.4 is 0 Å². The Morgan fingerprint density at radius 3 is 2.65 bits per heavy atom. The lowest BCUT2D eigenvalue weighted by Crippen LogP contribution is -1.89. The van der Waals surface area contributed by atoms with E-state index in [2.05, 4.69) is 9.98 Å². The van der Waals surface area contributed by atoms with Crippen LogP contribution in [0.1, 0.15) is 5.76 Å². The number of nitro benzene ring substituents is 1. The molecular weight excluding hydrogens is 499 g/mol. The van der Waals surface area contributed by atoms with Crippen molar-refractivity contribution in [2.45, 2.75) is 0 Å². The number of nitro groups is 1. The Balaban J connectivity index is 1.54. The van der Waals surface area contributed by atoms with Gasteiger partial charge in [0.05, 0.1) is 16.2 Å². The Hall–Kier alpha value is -3.65. The van der Waals surface area contributed by atoms with E-state index in [1.54, 1.807) is 42.6 Å². The number of rotatable bonds is 5. The van der Waals surface area contributed by atoms with Crippen molar-refractivity contribution in [3.05, 3.63) is 104 Å². The van der Waals surface area contributed by atoms with Crippen molar-refractivity contribution in [1.29, 1.82) is 0 Å². The van der Waals surface area contributed by atoms with Crippen LogP contribution in [0.15, 0.2) is 82.3 Å². The van der Waals surface area contributed by atoms with Gasteiger partial charge in [0.2, 0.25) is 0 Å². The van der Waals surface area contributed by atoms with E-state index in [9.17, 15) is 10.1 Å². The predicted octanol–water partition coefficient (Wildman–Crippen LogP) is 7.88. The maximum Gasteiger partial charge on any atom is 0.288 e. The summed E-state index contributed by atoms with van der Waals surface area (Å²) in [5, 5.41) is 12.2. The van der Waals surface area contributed by atoms with E-state index in [0.717, 1.165) is 0 Å². The lowest BCUT2D eigenvalue weighted by Gasteiger charge is -2.03. The Kier molecular flexibility index (Phi) is 5.83. The molecule has 3 aromatic heterocycles. The molecule has 5 rings (SSSR count). The third kappa shape index (κ3) is 4.17. The molecule has 0 saturated heterocycles. The number of nitrogens with zero attached hydrogens (tertiary/aromatic N) is 4. The highest BCUT2D eigenvalue weighted by molar-refractivity contribution is 6.36. The minimum atomic E-state index is -0.536. The van der Waals surface area contributed by atoms with Gasteiger partial charge in [0.25, 0.3) is 5.69 Å². The first kappa shape index (κ1) is 22.2. The Bertz CT molecular complexity index is 1590. The molecule has 2 aromatic carbocycles. The summed E-state index contributed by atoms with van der Waals surface area (Å²) in [5.74, 6) is 1.45. The largest absolute Gasteiger partial charge is 0.455 e. The van der Waals surface area contributed by atoms with Crippen LogP contribution >= 0.6 is 34.8 Å². The monoisotopic (exact) mass is 510 g/mol. The SMILES string of the molecule is O=[N+]([O-])c1cc(-c2ccc(C=Nc3c(-c4ccc(Cl)cc4Cl)nc4ccccn34)o2)ccc1Cl. The van der Waals surface area contributed by atoms with Gasteiger partial charge < -0.3 is 4.42 Å². The normalized spacial score (nSPS) is 11.5. The molecule has 0 aliphatic heterocycles. The number of fused-ring (bicyclic) bond motifs is 1. The van der Waals surface area contributed by atoms with Gasteiger partial charge in [0.1, 0.15) is 27.9 Å². The highest BCUT2D eigenvalue weighted by atomic mass is 35.5. The molecule has 0 N–H and O–H groups in total. The van der Waals surface area contributed by atoms with E-state index in [1.165, 1.54) is 12.1 Å². The van der Waals surface area contributed by atoms with Crippen molar-refractivity contribution in [3.8, 4) is 22.6 Å². The van der Waals surface area contributed by atoms with Gasteiger partial charge in [-0.25, -0.2) is 9.98 Å². The highest BCUT2D eigenvalue weighted by Crippen LogP contribution is 2.37. The lowest BCUT2D eigenvalue weighted by atomic mass is 10.1. The van der Waals surface area contributed by atoms with Crippen molar-refractivity contribution >= 4 is 58.2 Å². The van der Waals surface area contributed by atoms with Crippen molar-refractivity contribution < 1.29 is 9.34 Å². The molecule has 10 heteroatoms. The smallest absolute Gasteiger partial charge is 0.288 e. The van der Waals surface area contributed by atoms with Crippen LogP contribution in [-0.4, -0.2) is 20.5 Å². The van der Waals surface area contributed by atoms with E-state index in [0.29, 0.717) is 49.9 Å². The van der Waals surface area contributed by atoms with E-state index >= 15 is 0 Å². The van der Waals surface area contributed by atoms with Crippen LogP contribution in [0.25, 0.3) is 28.2 Å². The number of hydrogen-bond donors (Lipinski definition) is 0. The number of aliphatic imine (C=N–C) groups is 1. The van der Waals surface area contributed by atoms with E-state index < -0.39 is 4.92 Å². The molecule has 0 saturated carbocycles. The summed E-state index contributed by atoms with van der Waals surface area (Å²) in [6, 6.07) is 18.7. The molecule has 0 aliphatic carbocycles. The average molecular weight is 512 g/mol. The Morgan fingerprint density at radius 1 is 1.00 bits per heavy atom. The molecule has 5 aromatic rings. The number of imidazole rings is 1. The minimum Gasteiger partial charge on any atom is -0.455 e. The second-order valence-electron chi connectivity index (χ2n) is 7.22. The Labute approximate surface area is 208 Å². The number of pyridine rings is 1. The molecule has 34 heavy (non-hydrogen) atoms. The van der Waals surface area contributed by atoms with Crippen LogP contribution in [0, 0.1) is 10.1 Å². The number of halogens is 3. The third-order valence-electron chi connectivity index (χ3n) is 5.06. The average Bonchev–Trinajstić information content (AvgIpc) is 3.42. The first-order valence-electron chi connectivity index (χ1n) is 9.91. The number of furan rings is 1. The molecule has 7 nitrogen and oxygen atoms in total. The molecule has 0 fully saturated rings. The first-order valence-corrected chi connectivity index (χ1v) is 11.0. The standard InChI is InChI=1S/C24H13Cl3N4O3/c25-15-5-7-17(19(27)12-15)23-24(30-10-2-1-3-22(30)29-23)28-13-16-6-9-21(34-16)14-4-8-18(26)20(11-14)31(32)33/h1-13H. The maximum atomic E-state index is 11.2. The third-order valence-corrected chi connectivity index (χ3v) is 5.93. The van der Waals surface area contributed by atoms with Crippen molar-refractivity contribution in [2.24, 2.45) is 4.99 Å². The number of hydrogen-bond acceptors (Lipinski definition) is 5. The fourth-order valence-corrected chi connectivity index (χ4v) is 4.16. The summed E-state index contributed by atoms with van der Waals surface area (Å²) in [6.45, 7) is 0. The molecule has 3 heterocycles. The second-order valence-corrected chi connectivity index (χ2v) is 8.47. The summed E-state index contributed by atoms with van der Waals surface area (Å²) in [6.07, 6.45) is 3.40. The number of aromatic nitrogens is 2. The van der Waals surface area contributed by atoms with Crippen LogP contribution in [0.3, 0.4) is 0 Å². The van der Waals surface area contributed by atoms with Crippen LogP contribution in [0.4, 0.5) is 11.5 Å². The fourth-order valence-electron chi connectivity index (χ4n) is 3.48. The first-order chi connectivity index (χ1) is 16.4. The topological polar surface area (TPSA) is 85.9 Å². The summed E-state index contributed by atoms with van der Waals surface area (Å²) in [5.41, 5.74) is 2.31. The van der Waals surface area contributed by atoms with Gasteiger partial charge in [-0.3, -0.25) is 14.5 Å². The lowest BCUT2D eigenvalue weighted by molar-refractivity contribution is -0.384. The zero-order chi connectivity index (χ0) is 23.8. The van der Waals surface area contributed by atoms with Gasteiger partial charge in [-0.15, -0.1) is 0 Å². The fraction of sp³-hybridized carbons (Fsp3) is 0. The van der Waals surface area contributed by atoms with Crippen molar-refractivity contribution in [1.82, 2.24) is 9.38 Å². The molecule has 0 unspecified atom stereocenters. The van der Waals surface area contributed by atoms with Crippen molar-refractivity contribution in [3.63, 3.8) is 0 Å². The zero-order valence-electron chi connectivity index (χ0n) is 17.2. The molecule has 168 valence electrons. The van der Waals surface area contributed by atoms with Gasteiger partial charge in [-0.05, 0) is 54.6 Å². The van der Waals surface area contributed by atoms with Crippen LogP contribution in [-0.2, 0) is 0 Å². The zero-order valence-corrected chi connectivity index (χ0v) is 19.4. The number of benzene rings is 2. The van der Waals surface area contributed by atoms with Gasteiger partial charge in [-0.2, -0.15) is 0 Å². The minimum absolute atomic E-state index is 0.0584.